The molecule has 1 N–H and O–H groups in total. The Kier molecular flexibility index (Phi) is 6.33. The Balaban J connectivity index is 1.38. The van der Waals surface area contributed by atoms with Gasteiger partial charge in [0.05, 0.1) is 32.8 Å². The smallest absolute Gasteiger partial charge is 0.255 e. The number of benzene rings is 2. The van der Waals surface area contributed by atoms with E-state index in [2.05, 4.69) is 31.5 Å². The van der Waals surface area contributed by atoms with Crippen molar-refractivity contribution in [1.82, 2.24) is 0 Å². The third-order valence-corrected chi connectivity index (χ3v) is 6.59. The molecule has 1 amide bonds. The predicted octanol–water partition coefficient (Wildman–Crippen LogP) is 5.02. The van der Waals surface area contributed by atoms with E-state index in [1.807, 2.05) is 36.4 Å². The number of carbonyl (C=O) groups is 1. The first-order chi connectivity index (χ1) is 14.9. The number of hydrogen-bond acceptors (Lipinski definition) is 3. The average molecular weight is 422 g/mol. The standard InChI is InChI=1S/C26H32N2O3/c1-28(2,23-7-5-4-6-8-23)17-19-9-12-22(13-10-19)27-26(29)21-15-20-11-14-24(30-3)16-25(20)31-18-21/h9-16,23H,4-8,17-18H2,1-3H3/p+1. The second-order valence-corrected chi connectivity index (χ2v) is 9.24. The molecule has 1 aliphatic carbocycles. The second-order valence-electron chi connectivity index (χ2n) is 9.24. The zero-order valence-electron chi connectivity index (χ0n) is 18.8. The molecule has 1 fully saturated rings. The van der Waals surface area contributed by atoms with Gasteiger partial charge < -0.3 is 19.3 Å². The summed E-state index contributed by atoms with van der Waals surface area (Å²) in [5, 5.41) is 3.00. The van der Waals surface area contributed by atoms with Crippen molar-refractivity contribution in [2.24, 2.45) is 0 Å². The summed E-state index contributed by atoms with van der Waals surface area (Å²) in [6.07, 6.45) is 8.63. The molecule has 5 nitrogen and oxygen atoms in total. The number of anilines is 1. The summed E-state index contributed by atoms with van der Waals surface area (Å²) in [7, 11) is 6.31. The van der Waals surface area contributed by atoms with E-state index in [-0.39, 0.29) is 12.5 Å². The van der Waals surface area contributed by atoms with Gasteiger partial charge >= 0.3 is 0 Å². The number of nitrogens with one attached hydrogen (secondary N) is 1. The lowest BCUT2D eigenvalue weighted by molar-refractivity contribution is -0.929. The highest BCUT2D eigenvalue weighted by molar-refractivity contribution is 6.07. The first-order valence-electron chi connectivity index (χ1n) is 11.2. The monoisotopic (exact) mass is 421 g/mol. The van der Waals surface area contributed by atoms with Gasteiger partial charge in [-0.25, -0.2) is 0 Å². The molecule has 0 aromatic heterocycles. The highest BCUT2D eigenvalue weighted by Gasteiger charge is 2.29. The van der Waals surface area contributed by atoms with E-state index in [4.69, 9.17) is 9.47 Å². The maximum absolute atomic E-state index is 12.7. The maximum atomic E-state index is 12.7. The van der Waals surface area contributed by atoms with Crippen molar-refractivity contribution >= 4 is 17.7 Å². The molecule has 0 saturated heterocycles. The van der Waals surface area contributed by atoms with Crippen LogP contribution in [0.2, 0.25) is 0 Å². The number of quaternary nitrogens is 1. The van der Waals surface area contributed by atoms with Gasteiger partial charge in [-0.05, 0) is 56.0 Å². The van der Waals surface area contributed by atoms with Crippen molar-refractivity contribution in [3.05, 3.63) is 59.2 Å². The lowest BCUT2D eigenvalue weighted by Crippen LogP contribution is -2.48. The van der Waals surface area contributed by atoms with Gasteiger partial charge in [0.15, 0.2) is 0 Å². The molecule has 1 heterocycles. The van der Waals surface area contributed by atoms with Crippen LogP contribution < -0.4 is 14.8 Å². The molecular weight excluding hydrogens is 388 g/mol. The highest BCUT2D eigenvalue weighted by atomic mass is 16.5. The minimum atomic E-state index is -0.132. The van der Waals surface area contributed by atoms with Crippen LogP contribution in [0.1, 0.15) is 43.2 Å². The molecular formula is C26H33N2O3+. The predicted molar refractivity (Wildman–Crippen MR) is 124 cm³/mol. The lowest BCUT2D eigenvalue weighted by atomic mass is 9.92. The largest absolute Gasteiger partial charge is 0.497 e. The van der Waals surface area contributed by atoms with Gasteiger partial charge in [0, 0.05) is 22.9 Å². The molecule has 1 saturated carbocycles. The van der Waals surface area contributed by atoms with E-state index < -0.39 is 0 Å². The minimum absolute atomic E-state index is 0.132. The number of methoxy groups -OCH3 is 1. The van der Waals surface area contributed by atoms with Crippen molar-refractivity contribution in [1.29, 1.82) is 0 Å². The molecule has 0 unspecified atom stereocenters. The van der Waals surface area contributed by atoms with Gasteiger partial charge in [-0.3, -0.25) is 4.79 Å². The fourth-order valence-corrected chi connectivity index (χ4v) is 4.69. The molecule has 0 radical (unpaired) electrons. The second kappa shape index (κ2) is 9.15. The summed E-state index contributed by atoms with van der Waals surface area (Å²) in [6.45, 7) is 1.26. The van der Waals surface area contributed by atoms with Gasteiger partial charge in [-0.2, -0.15) is 0 Å². The molecule has 5 heteroatoms. The van der Waals surface area contributed by atoms with Crippen LogP contribution in [0.15, 0.2) is 48.0 Å². The Bertz CT molecular complexity index is 957. The molecule has 0 atom stereocenters. The Morgan fingerprint density at radius 2 is 1.84 bits per heavy atom. The van der Waals surface area contributed by atoms with Crippen LogP contribution >= 0.6 is 0 Å². The van der Waals surface area contributed by atoms with Crippen molar-refractivity contribution in [3.63, 3.8) is 0 Å². The summed E-state index contributed by atoms with van der Waals surface area (Å²) in [4.78, 5) is 12.7. The van der Waals surface area contributed by atoms with E-state index >= 15 is 0 Å². The third kappa shape index (κ3) is 5.10. The average Bonchev–Trinajstić information content (AvgIpc) is 2.80. The number of amides is 1. The topological polar surface area (TPSA) is 47.6 Å². The molecule has 4 rings (SSSR count). The number of nitrogens with zero attached hydrogens (tertiary/aromatic N) is 1. The van der Waals surface area contributed by atoms with Gasteiger partial charge in [-0.15, -0.1) is 0 Å². The van der Waals surface area contributed by atoms with Crippen molar-refractivity contribution in [2.45, 2.75) is 44.7 Å². The van der Waals surface area contributed by atoms with Gasteiger partial charge in [0.2, 0.25) is 0 Å². The Hall–Kier alpha value is -2.79. The number of rotatable bonds is 6. The normalized spacial score (nSPS) is 16.7. The van der Waals surface area contributed by atoms with Crippen LogP contribution in [0.25, 0.3) is 6.08 Å². The minimum Gasteiger partial charge on any atom is -0.497 e. The van der Waals surface area contributed by atoms with E-state index in [9.17, 15) is 4.79 Å². The Labute approximate surface area is 185 Å². The lowest BCUT2D eigenvalue weighted by Gasteiger charge is -2.40. The first-order valence-corrected chi connectivity index (χ1v) is 11.2. The van der Waals surface area contributed by atoms with Crippen molar-refractivity contribution < 1.29 is 18.8 Å². The molecule has 2 aliphatic rings. The van der Waals surface area contributed by atoms with Crippen molar-refractivity contribution in [3.8, 4) is 11.5 Å². The molecule has 164 valence electrons. The van der Waals surface area contributed by atoms with Crippen LogP contribution in [0.4, 0.5) is 5.69 Å². The summed E-state index contributed by atoms with van der Waals surface area (Å²) in [6, 6.07) is 14.6. The van der Waals surface area contributed by atoms with E-state index in [1.165, 1.54) is 37.7 Å². The summed E-state index contributed by atoms with van der Waals surface area (Å²) in [5.41, 5.74) is 3.60. The molecule has 0 spiro atoms. The van der Waals surface area contributed by atoms with Crippen molar-refractivity contribution in [2.75, 3.05) is 33.1 Å². The number of fused-ring (bicyclic) bond motifs is 1. The molecule has 31 heavy (non-hydrogen) atoms. The van der Waals surface area contributed by atoms with Gasteiger partial charge in [-0.1, -0.05) is 18.6 Å². The summed E-state index contributed by atoms with van der Waals surface area (Å²) in [5.74, 6) is 1.34. The SMILES string of the molecule is COc1ccc2c(c1)OCC(C(=O)Nc1ccc(C[N+](C)(C)C3CCCCC3)cc1)=C2. The highest BCUT2D eigenvalue weighted by Crippen LogP contribution is 2.31. The van der Waals surface area contributed by atoms with Crippen LogP contribution in [-0.2, 0) is 11.3 Å². The summed E-state index contributed by atoms with van der Waals surface area (Å²) < 4.78 is 12.0. The van der Waals surface area contributed by atoms with E-state index in [1.54, 1.807) is 7.11 Å². The van der Waals surface area contributed by atoms with Gasteiger partial charge in [0.1, 0.15) is 24.7 Å². The van der Waals surface area contributed by atoms with Crippen LogP contribution in [0, 0.1) is 0 Å². The van der Waals surface area contributed by atoms with Crippen LogP contribution in [0.5, 0.6) is 11.5 Å². The van der Waals surface area contributed by atoms with Crippen LogP contribution in [0.3, 0.4) is 0 Å². The molecule has 1 aliphatic heterocycles. The number of hydrogen-bond donors (Lipinski definition) is 1. The zero-order valence-corrected chi connectivity index (χ0v) is 18.8. The molecule has 2 aromatic rings. The van der Waals surface area contributed by atoms with E-state index in [0.717, 1.165) is 39.8 Å². The van der Waals surface area contributed by atoms with Crippen LogP contribution in [-0.4, -0.2) is 44.2 Å². The Morgan fingerprint density at radius 1 is 1.10 bits per heavy atom. The zero-order chi connectivity index (χ0) is 21.8. The fourth-order valence-electron chi connectivity index (χ4n) is 4.69. The quantitative estimate of drug-likeness (QED) is 0.667. The van der Waals surface area contributed by atoms with E-state index in [0.29, 0.717) is 5.57 Å². The fraction of sp³-hybridized carbons (Fsp3) is 0.423. The Morgan fingerprint density at radius 3 is 2.55 bits per heavy atom. The third-order valence-electron chi connectivity index (χ3n) is 6.59. The molecule has 2 aromatic carbocycles. The molecule has 0 bridgehead atoms. The first kappa shape index (κ1) is 21.4. The maximum Gasteiger partial charge on any atom is 0.255 e. The summed E-state index contributed by atoms with van der Waals surface area (Å²) >= 11 is 0. The number of ether oxygens (including phenoxy) is 2. The van der Waals surface area contributed by atoms with Gasteiger partial charge in [0.25, 0.3) is 5.91 Å². The number of carbonyl (C=O) groups excluding carboxylic acids is 1.